The summed E-state index contributed by atoms with van der Waals surface area (Å²) in [5, 5.41) is 11.4. The zero-order chi connectivity index (χ0) is 17.9. The number of methoxy groups -OCH3 is 1. The predicted octanol–water partition coefficient (Wildman–Crippen LogP) is 3.13. The quantitative estimate of drug-likeness (QED) is 0.562. The fourth-order valence-corrected chi connectivity index (χ4v) is 2.84. The van der Waals surface area contributed by atoms with E-state index in [1.807, 2.05) is 66.7 Å². The van der Waals surface area contributed by atoms with Crippen molar-refractivity contribution in [1.29, 1.82) is 0 Å². The van der Waals surface area contributed by atoms with Gasteiger partial charge in [-0.15, -0.1) is 0 Å². The normalized spacial score (nSPS) is 11.7. The maximum absolute atomic E-state index is 9.48. The molecule has 3 aromatic carbocycles. The van der Waals surface area contributed by atoms with Crippen molar-refractivity contribution in [3.63, 3.8) is 0 Å². The smallest absolute Gasteiger partial charge is 0.218 e. The van der Waals surface area contributed by atoms with Gasteiger partial charge in [-0.3, -0.25) is 0 Å². The fourth-order valence-electron chi connectivity index (χ4n) is 2.84. The van der Waals surface area contributed by atoms with Crippen molar-refractivity contribution in [2.45, 2.75) is 0 Å². The van der Waals surface area contributed by atoms with Gasteiger partial charge in [-0.2, -0.15) is 0 Å². The molecule has 1 heterocycles. The summed E-state index contributed by atoms with van der Waals surface area (Å²) >= 11 is 0. The molecule has 0 aliphatic heterocycles. The number of hydrogen-bond acceptors (Lipinski definition) is 3. The summed E-state index contributed by atoms with van der Waals surface area (Å²) in [5.41, 5.74) is 2.65. The predicted molar refractivity (Wildman–Crippen MR) is 100 cm³/mol. The van der Waals surface area contributed by atoms with Crippen molar-refractivity contribution in [2.75, 3.05) is 7.11 Å². The average Bonchev–Trinajstić information content (AvgIpc) is 2.69. The van der Waals surface area contributed by atoms with Crippen molar-refractivity contribution >= 4 is 16.7 Å². The van der Waals surface area contributed by atoms with Gasteiger partial charge in [-0.1, -0.05) is 12.1 Å². The Kier molecular flexibility index (Phi) is 4.15. The number of hydrogen-bond donors (Lipinski definition) is 2. The van der Waals surface area contributed by atoms with E-state index in [9.17, 15) is 5.11 Å². The number of aromatic hydroxyl groups is 1. The molecule has 4 aromatic rings. The Bertz CT molecular complexity index is 1110. The van der Waals surface area contributed by atoms with Crippen LogP contribution in [-0.4, -0.2) is 12.2 Å². The van der Waals surface area contributed by atoms with E-state index in [0.29, 0.717) is 0 Å². The molecule has 2 N–H and O–H groups in total. The summed E-state index contributed by atoms with van der Waals surface area (Å²) in [6, 6.07) is 24.6. The van der Waals surface area contributed by atoms with Crippen molar-refractivity contribution in [3.8, 4) is 22.8 Å². The Morgan fingerprint density at radius 3 is 2.35 bits per heavy atom. The maximum Gasteiger partial charge on any atom is 0.218 e. The zero-order valence-electron chi connectivity index (χ0n) is 14.3. The minimum atomic E-state index is 0.238. The van der Waals surface area contributed by atoms with Gasteiger partial charge in [0.2, 0.25) is 11.0 Å². The number of phenols is 1. The van der Waals surface area contributed by atoms with E-state index in [1.165, 1.54) is 0 Å². The Morgan fingerprint density at radius 1 is 0.885 bits per heavy atom. The molecular formula is C22H18NO3+. The molecule has 128 valence electrons. The van der Waals surface area contributed by atoms with Crippen LogP contribution in [0, 0.1) is 0 Å². The first-order valence-corrected chi connectivity index (χ1v) is 8.29. The second kappa shape index (κ2) is 6.76. The number of nitrogens with one attached hydrogen (secondary N) is 1. The third-order valence-electron chi connectivity index (χ3n) is 4.19. The third kappa shape index (κ3) is 3.17. The molecule has 0 aliphatic carbocycles. The molecule has 0 atom stereocenters. The molecule has 0 saturated carbocycles. The van der Waals surface area contributed by atoms with Gasteiger partial charge in [0.1, 0.15) is 22.8 Å². The minimum absolute atomic E-state index is 0.238. The molecule has 0 saturated heterocycles. The maximum atomic E-state index is 9.48. The Hall–Kier alpha value is -3.53. The monoisotopic (exact) mass is 344 g/mol. The molecular weight excluding hydrogens is 326 g/mol. The summed E-state index contributed by atoms with van der Waals surface area (Å²) < 4.78 is 11.3. The lowest BCUT2D eigenvalue weighted by Gasteiger charge is -2.04. The molecule has 0 bridgehead atoms. The first kappa shape index (κ1) is 16.0. The van der Waals surface area contributed by atoms with Gasteiger partial charge in [-0.25, -0.2) is 4.99 Å². The highest BCUT2D eigenvalue weighted by Crippen LogP contribution is 2.24. The molecule has 1 aromatic heterocycles. The zero-order valence-corrected chi connectivity index (χ0v) is 14.3. The van der Waals surface area contributed by atoms with E-state index >= 15 is 0 Å². The average molecular weight is 344 g/mol. The molecule has 0 amide bonds. The number of fused-ring (bicyclic) bond motifs is 1. The molecule has 4 heteroatoms. The SMILES string of the molecule is COc1ccc(-c2cc(=[NH+]c3ccc(O)cc3)c3ccccc3o2)cc1. The molecule has 26 heavy (non-hydrogen) atoms. The van der Waals surface area contributed by atoms with Crippen LogP contribution in [-0.2, 0) is 0 Å². The van der Waals surface area contributed by atoms with Crippen LogP contribution in [0.5, 0.6) is 11.5 Å². The van der Waals surface area contributed by atoms with Crippen LogP contribution >= 0.6 is 0 Å². The number of benzene rings is 3. The Balaban J connectivity index is 1.91. The van der Waals surface area contributed by atoms with Gasteiger partial charge in [-0.05, 0) is 48.5 Å². The van der Waals surface area contributed by atoms with E-state index in [1.54, 1.807) is 19.2 Å². The summed E-state index contributed by atoms with van der Waals surface area (Å²) in [7, 11) is 1.65. The van der Waals surface area contributed by atoms with Gasteiger partial charge >= 0.3 is 0 Å². The Morgan fingerprint density at radius 2 is 1.62 bits per heavy atom. The molecule has 0 radical (unpaired) electrons. The lowest BCUT2D eigenvalue weighted by molar-refractivity contribution is -0.400. The van der Waals surface area contributed by atoms with Crippen molar-refractivity contribution in [1.82, 2.24) is 0 Å². The molecule has 0 fully saturated rings. The number of rotatable bonds is 3. The third-order valence-corrected chi connectivity index (χ3v) is 4.19. The Labute approximate surface area is 150 Å². The molecule has 0 aliphatic rings. The highest BCUT2D eigenvalue weighted by Gasteiger charge is 2.09. The molecule has 0 spiro atoms. The van der Waals surface area contributed by atoms with Crippen LogP contribution in [0.15, 0.2) is 83.3 Å². The second-order valence-electron chi connectivity index (χ2n) is 5.92. The summed E-state index contributed by atoms with van der Waals surface area (Å²) in [6.45, 7) is 0. The van der Waals surface area contributed by atoms with Crippen LogP contribution in [0.3, 0.4) is 0 Å². The molecule has 4 nitrogen and oxygen atoms in total. The van der Waals surface area contributed by atoms with Gasteiger partial charge in [0.25, 0.3) is 0 Å². The minimum Gasteiger partial charge on any atom is -0.508 e. The van der Waals surface area contributed by atoms with Crippen LogP contribution in [0.1, 0.15) is 0 Å². The second-order valence-corrected chi connectivity index (χ2v) is 5.92. The van der Waals surface area contributed by atoms with Crippen LogP contribution < -0.4 is 15.1 Å². The van der Waals surface area contributed by atoms with Crippen molar-refractivity contribution < 1.29 is 19.3 Å². The van der Waals surface area contributed by atoms with E-state index in [0.717, 1.165) is 39.1 Å². The van der Waals surface area contributed by atoms with Gasteiger partial charge in [0.15, 0.2) is 0 Å². The standard InChI is InChI=1S/C22H17NO3/c1-25-18-12-6-15(7-13-18)22-14-20(19-4-2-3-5-21(19)26-22)23-16-8-10-17(24)11-9-16/h2-14,24H,1H3/p+1. The lowest BCUT2D eigenvalue weighted by Crippen LogP contribution is -2.70. The van der Waals surface area contributed by atoms with Crippen LogP contribution in [0.4, 0.5) is 5.69 Å². The fraction of sp³-hybridized carbons (Fsp3) is 0.0455. The lowest BCUT2D eigenvalue weighted by atomic mass is 10.1. The largest absolute Gasteiger partial charge is 0.508 e. The number of phenolic OH excluding ortho intramolecular Hbond substituents is 1. The molecule has 0 unspecified atom stereocenters. The molecule has 4 rings (SSSR count). The summed E-state index contributed by atoms with van der Waals surface area (Å²) in [6.07, 6.45) is 0. The number of para-hydroxylation sites is 1. The van der Waals surface area contributed by atoms with Crippen molar-refractivity contribution in [2.24, 2.45) is 0 Å². The topological polar surface area (TPSA) is 56.6 Å². The number of ether oxygens (including phenoxy) is 1. The highest BCUT2D eigenvalue weighted by atomic mass is 16.5. The first-order valence-electron chi connectivity index (χ1n) is 8.29. The van der Waals surface area contributed by atoms with E-state index < -0.39 is 0 Å². The summed E-state index contributed by atoms with van der Waals surface area (Å²) in [4.78, 5) is 3.41. The van der Waals surface area contributed by atoms with Crippen LogP contribution in [0.2, 0.25) is 0 Å². The highest BCUT2D eigenvalue weighted by molar-refractivity contribution is 5.78. The van der Waals surface area contributed by atoms with Gasteiger partial charge in [0, 0.05) is 17.7 Å². The van der Waals surface area contributed by atoms with Crippen LogP contribution in [0.25, 0.3) is 22.3 Å². The van der Waals surface area contributed by atoms with E-state index in [4.69, 9.17) is 9.15 Å². The van der Waals surface area contributed by atoms with Gasteiger partial charge in [0.05, 0.1) is 18.6 Å². The first-order chi connectivity index (χ1) is 12.7. The van der Waals surface area contributed by atoms with E-state index in [-0.39, 0.29) is 5.75 Å². The van der Waals surface area contributed by atoms with E-state index in [2.05, 4.69) is 4.99 Å². The summed E-state index contributed by atoms with van der Waals surface area (Å²) in [5.74, 6) is 1.80. The van der Waals surface area contributed by atoms with Gasteiger partial charge < -0.3 is 14.3 Å². The van der Waals surface area contributed by atoms with Crippen molar-refractivity contribution in [3.05, 3.63) is 84.2 Å².